The molecular weight excluding hydrogens is 202 g/mol. The average Bonchev–Trinajstić information content (AvgIpc) is 2.46. The zero-order chi connectivity index (χ0) is 12.5. The van der Waals surface area contributed by atoms with Crippen molar-refractivity contribution in [1.29, 1.82) is 0 Å². The lowest BCUT2D eigenvalue weighted by Gasteiger charge is -2.26. The summed E-state index contributed by atoms with van der Waals surface area (Å²) in [6.45, 7) is 10.8. The number of imidazole rings is 1. The molecule has 0 spiro atoms. The topological polar surface area (TPSA) is 52.9 Å². The fourth-order valence-corrected chi connectivity index (χ4v) is 1.45. The molecule has 0 radical (unpaired) electrons. The van der Waals surface area contributed by atoms with Gasteiger partial charge in [-0.15, -0.1) is 0 Å². The molecule has 1 aromatic rings. The largest absolute Gasteiger partial charge is 0.328 e. The first-order chi connectivity index (χ1) is 7.23. The van der Waals surface area contributed by atoms with Crippen LogP contribution in [0.25, 0.3) is 0 Å². The molecule has 1 unspecified atom stereocenters. The lowest BCUT2D eigenvalue weighted by Crippen LogP contribution is -2.41. The summed E-state index contributed by atoms with van der Waals surface area (Å²) in [5, 5.41) is 0. The first-order valence-electron chi connectivity index (χ1n) is 5.76. The molecule has 0 aliphatic heterocycles. The molecule has 0 saturated heterocycles. The molecule has 16 heavy (non-hydrogen) atoms. The maximum atomic E-state index is 11.9. The maximum Gasteiger partial charge on any atom is 0.328 e. The summed E-state index contributed by atoms with van der Waals surface area (Å²) in [6.07, 6.45) is 3.64. The van der Waals surface area contributed by atoms with Crippen molar-refractivity contribution < 1.29 is 0 Å². The van der Waals surface area contributed by atoms with E-state index in [-0.39, 0.29) is 23.2 Å². The van der Waals surface area contributed by atoms with Gasteiger partial charge in [0.2, 0.25) is 0 Å². The van der Waals surface area contributed by atoms with E-state index in [4.69, 9.17) is 5.73 Å². The Kier molecular flexibility index (Phi) is 3.63. The highest BCUT2D eigenvalue weighted by Gasteiger charge is 2.21. The van der Waals surface area contributed by atoms with Gasteiger partial charge in [-0.25, -0.2) is 4.79 Å². The normalized spacial score (nSPS) is 14.4. The molecule has 0 aliphatic carbocycles. The predicted octanol–water partition coefficient (Wildman–Crippen LogP) is 1.60. The lowest BCUT2D eigenvalue weighted by atomic mass is 9.87. The first-order valence-corrected chi connectivity index (χ1v) is 5.76. The van der Waals surface area contributed by atoms with Gasteiger partial charge in [-0.3, -0.25) is 9.13 Å². The molecule has 0 aliphatic rings. The summed E-state index contributed by atoms with van der Waals surface area (Å²) in [7, 11) is 0. The monoisotopic (exact) mass is 225 g/mol. The quantitative estimate of drug-likeness (QED) is 0.849. The van der Waals surface area contributed by atoms with Crippen molar-refractivity contribution in [2.45, 2.75) is 53.2 Å². The Morgan fingerprint density at radius 1 is 1.31 bits per heavy atom. The molecule has 1 rings (SSSR count). The molecule has 0 aromatic carbocycles. The van der Waals surface area contributed by atoms with Gasteiger partial charge in [0.15, 0.2) is 0 Å². The van der Waals surface area contributed by atoms with E-state index in [1.807, 2.05) is 26.2 Å². The molecule has 0 saturated carbocycles. The highest BCUT2D eigenvalue weighted by molar-refractivity contribution is 4.87. The Morgan fingerprint density at radius 2 is 1.88 bits per heavy atom. The number of hydrogen-bond acceptors (Lipinski definition) is 2. The minimum Gasteiger partial charge on any atom is -0.326 e. The maximum absolute atomic E-state index is 11.9. The van der Waals surface area contributed by atoms with Gasteiger partial charge >= 0.3 is 5.69 Å². The van der Waals surface area contributed by atoms with Crippen LogP contribution in [0.3, 0.4) is 0 Å². The van der Waals surface area contributed by atoms with Gasteiger partial charge in [0.05, 0.1) is 0 Å². The minimum absolute atomic E-state index is 0.0133. The Hall–Kier alpha value is -1.03. The van der Waals surface area contributed by atoms with Crippen molar-refractivity contribution in [2.75, 3.05) is 0 Å². The molecule has 0 fully saturated rings. The highest BCUT2D eigenvalue weighted by Crippen LogP contribution is 2.18. The van der Waals surface area contributed by atoms with Crippen molar-refractivity contribution in [1.82, 2.24) is 9.13 Å². The SMILES string of the molecule is CC(C)n1ccn(CC(N)C(C)(C)C)c1=O. The van der Waals surface area contributed by atoms with Crippen molar-refractivity contribution in [2.24, 2.45) is 11.1 Å². The van der Waals surface area contributed by atoms with Crippen molar-refractivity contribution in [3.05, 3.63) is 22.9 Å². The molecule has 4 nitrogen and oxygen atoms in total. The van der Waals surface area contributed by atoms with Gasteiger partial charge in [-0.2, -0.15) is 0 Å². The van der Waals surface area contributed by atoms with Crippen LogP contribution in [0, 0.1) is 5.41 Å². The van der Waals surface area contributed by atoms with Gasteiger partial charge in [0.25, 0.3) is 0 Å². The molecule has 2 N–H and O–H groups in total. The second-order valence-corrected chi connectivity index (χ2v) is 5.71. The standard InChI is InChI=1S/C12H23N3O/c1-9(2)15-7-6-14(11(15)16)8-10(13)12(3,4)5/h6-7,9-10H,8,13H2,1-5H3. The van der Waals surface area contributed by atoms with Crippen molar-refractivity contribution in [3.63, 3.8) is 0 Å². The van der Waals surface area contributed by atoms with Crippen molar-refractivity contribution in [3.8, 4) is 0 Å². The summed E-state index contributed by atoms with van der Waals surface area (Å²) in [6, 6.07) is 0.174. The van der Waals surface area contributed by atoms with Crippen LogP contribution in [-0.2, 0) is 6.54 Å². The fraction of sp³-hybridized carbons (Fsp3) is 0.750. The smallest absolute Gasteiger partial charge is 0.326 e. The molecular formula is C12H23N3O. The van der Waals surface area contributed by atoms with E-state index in [0.29, 0.717) is 6.54 Å². The summed E-state index contributed by atoms with van der Waals surface area (Å²) in [5.41, 5.74) is 6.10. The molecule has 1 aromatic heterocycles. The minimum atomic E-state index is -0.0202. The van der Waals surface area contributed by atoms with Gasteiger partial charge in [-0.05, 0) is 19.3 Å². The third kappa shape index (κ3) is 2.76. The Morgan fingerprint density at radius 3 is 2.25 bits per heavy atom. The van der Waals surface area contributed by atoms with Crippen LogP contribution < -0.4 is 11.4 Å². The van der Waals surface area contributed by atoms with Gasteiger partial charge in [-0.1, -0.05) is 20.8 Å². The molecule has 4 heteroatoms. The van der Waals surface area contributed by atoms with Crippen LogP contribution in [0.15, 0.2) is 17.2 Å². The van der Waals surface area contributed by atoms with Gasteiger partial charge in [0.1, 0.15) is 0 Å². The Bertz CT molecular complexity index is 395. The van der Waals surface area contributed by atoms with Crippen LogP contribution in [0.4, 0.5) is 0 Å². The summed E-state index contributed by atoms with van der Waals surface area (Å²) >= 11 is 0. The summed E-state index contributed by atoms with van der Waals surface area (Å²) in [5.74, 6) is 0. The second-order valence-electron chi connectivity index (χ2n) is 5.71. The predicted molar refractivity (Wildman–Crippen MR) is 66.5 cm³/mol. The summed E-state index contributed by atoms with van der Waals surface area (Å²) in [4.78, 5) is 11.9. The number of hydrogen-bond donors (Lipinski definition) is 1. The number of nitrogens with two attached hydrogens (primary N) is 1. The lowest BCUT2D eigenvalue weighted by molar-refractivity contribution is 0.288. The van der Waals surface area contributed by atoms with E-state index in [1.54, 1.807) is 9.13 Å². The van der Waals surface area contributed by atoms with Crippen LogP contribution >= 0.6 is 0 Å². The van der Waals surface area contributed by atoms with E-state index < -0.39 is 0 Å². The van der Waals surface area contributed by atoms with E-state index in [2.05, 4.69) is 20.8 Å². The van der Waals surface area contributed by atoms with Crippen LogP contribution in [0.1, 0.15) is 40.7 Å². The first kappa shape index (κ1) is 13.0. The van der Waals surface area contributed by atoms with E-state index in [9.17, 15) is 4.79 Å². The highest BCUT2D eigenvalue weighted by atomic mass is 16.1. The molecule has 1 heterocycles. The Balaban J connectivity index is 2.88. The third-order valence-electron chi connectivity index (χ3n) is 2.94. The number of rotatable bonds is 3. The summed E-state index contributed by atoms with van der Waals surface area (Å²) < 4.78 is 3.41. The van der Waals surface area contributed by atoms with E-state index in [1.165, 1.54) is 0 Å². The third-order valence-corrected chi connectivity index (χ3v) is 2.94. The van der Waals surface area contributed by atoms with Gasteiger partial charge < -0.3 is 5.73 Å². The number of aromatic nitrogens is 2. The van der Waals surface area contributed by atoms with Crippen molar-refractivity contribution >= 4 is 0 Å². The van der Waals surface area contributed by atoms with Crippen LogP contribution in [-0.4, -0.2) is 15.2 Å². The Labute approximate surface area is 97.1 Å². The van der Waals surface area contributed by atoms with E-state index in [0.717, 1.165) is 0 Å². The second kappa shape index (κ2) is 4.45. The van der Waals surface area contributed by atoms with Crippen LogP contribution in [0.5, 0.6) is 0 Å². The van der Waals surface area contributed by atoms with Gasteiger partial charge in [0, 0.05) is 31.0 Å². The molecule has 1 atom stereocenters. The average molecular weight is 225 g/mol. The molecule has 0 amide bonds. The van der Waals surface area contributed by atoms with Crippen LogP contribution in [0.2, 0.25) is 0 Å². The molecule has 92 valence electrons. The fourth-order valence-electron chi connectivity index (χ4n) is 1.45. The zero-order valence-electron chi connectivity index (χ0n) is 10.9. The van der Waals surface area contributed by atoms with E-state index >= 15 is 0 Å². The number of nitrogens with zero attached hydrogens (tertiary/aromatic N) is 2. The zero-order valence-corrected chi connectivity index (χ0v) is 10.9. The molecule has 0 bridgehead atoms.